The molecule has 0 aromatic heterocycles. The topological polar surface area (TPSA) is 49.9 Å². The fraction of sp³-hybridized carbons (Fsp3) is 0.889. The van der Waals surface area contributed by atoms with E-state index >= 15 is 0 Å². The molecule has 0 saturated carbocycles. The van der Waals surface area contributed by atoms with E-state index in [1.54, 1.807) is 0 Å². The Balaban J connectivity index is 1.61. The standard InChI is InChI=1S/C18H32N2O3/c1-15(6-8-17(21)19-11-13-23-14-12-19)5-7-16(2)18(22)20-9-3-4-10-20/h15-16H,3-14H2,1-2H3. The number of amides is 2. The first kappa shape index (κ1) is 18.2. The molecule has 2 unspecified atom stereocenters. The van der Waals surface area contributed by atoms with Crippen molar-refractivity contribution in [1.82, 2.24) is 9.80 Å². The van der Waals surface area contributed by atoms with Crippen LogP contribution in [0.25, 0.3) is 0 Å². The van der Waals surface area contributed by atoms with Gasteiger partial charge in [-0.25, -0.2) is 0 Å². The molecule has 2 saturated heterocycles. The summed E-state index contributed by atoms with van der Waals surface area (Å²) in [6.45, 7) is 8.91. The zero-order valence-corrected chi connectivity index (χ0v) is 14.8. The summed E-state index contributed by atoms with van der Waals surface area (Å²) >= 11 is 0. The molecule has 132 valence electrons. The Morgan fingerprint density at radius 3 is 2.22 bits per heavy atom. The predicted octanol–water partition coefficient (Wildman–Crippen LogP) is 2.30. The Bertz CT molecular complexity index is 388. The van der Waals surface area contributed by atoms with Gasteiger partial charge in [-0.1, -0.05) is 13.8 Å². The molecule has 2 aliphatic heterocycles. The molecule has 2 aliphatic rings. The lowest BCUT2D eigenvalue weighted by atomic mass is 9.94. The first-order valence-electron chi connectivity index (χ1n) is 9.22. The van der Waals surface area contributed by atoms with Crippen molar-refractivity contribution in [3.05, 3.63) is 0 Å². The third kappa shape index (κ3) is 5.79. The quantitative estimate of drug-likeness (QED) is 0.722. The van der Waals surface area contributed by atoms with Gasteiger partial charge in [0.05, 0.1) is 13.2 Å². The molecule has 2 amide bonds. The summed E-state index contributed by atoms with van der Waals surface area (Å²) in [6.07, 6.45) is 5.80. The first-order chi connectivity index (χ1) is 11.1. The molecule has 2 fully saturated rings. The average Bonchev–Trinajstić information content (AvgIpc) is 3.12. The molecule has 0 aromatic carbocycles. The second kappa shape index (κ2) is 9.26. The third-order valence-electron chi connectivity index (χ3n) is 5.15. The van der Waals surface area contributed by atoms with Crippen molar-refractivity contribution in [2.45, 2.75) is 52.4 Å². The lowest BCUT2D eigenvalue weighted by Crippen LogP contribution is -2.40. The molecule has 2 rings (SSSR count). The summed E-state index contributed by atoms with van der Waals surface area (Å²) in [7, 11) is 0. The molecule has 0 radical (unpaired) electrons. The number of nitrogens with zero attached hydrogens (tertiary/aromatic N) is 2. The molecule has 0 aliphatic carbocycles. The number of hydrogen-bond acceptors (Lipinski definition) is 3. The van der Waals surface area contributed by atoms with Crippen LogP contribution in [0, 0.1) is 11.8 Å². The monoisotopic (exact) mass is 324 g/mol. The van der Waals surface area contributed by atoms with Gasteiger partial charge in [-0.15, -0.1) is 0 Å². The fourth-order valence-corrected chi connectivity index (χ4v) is 3.39. The van der Waals surface area contributed by atoms with Crippen molar-refractivity contribution < 1.29 is 14.3 Å². The van der Waals surface area contributed by atoms with Crippen LogP contribution >= 0.6 is 0 Å². The largest absolute Gasteiger partial charge is 0.378 e. The van der Waals surface area contributed by atoms with Gasteiger partial charge in [-0.2, -0.15) is 0 Å². The Morgan fingerprint density at radius 1 is 0.913 bits per heavy atom. The van der Waals surface area contributed by atoms with Crippen molar-refractivity contribution in [1.29, 1.82) is 0 Å². The molecule has 5 nitrogen and oxygen atoms in total. The molecule has 23 heavy (non-hydrogen) atoms. The highest BCUT2D eigenvalue weighted by molar-refractivity contribution is 5.78. The van der Waals surface area contributed by atoms with E-state index in [1.807, 2.05) is 16.7 Å². The van der Waals surface area contributed by atoms with Gasteiger partial charge in [-0.05, 0) is 38.0 Å². The van der Waals surface area contributed by atoms with Gasteiger partial charge in [0.15, 0.2) is 0 Å². The average molecular weight is 324 g/mol. The van der Waals surface area contributed by atoms with Crippen LogP contribution in [0.3, 0.4) is 0 Å². The van der Waals surface area contributed by atoms with E-state index in [0.717, 1.165) is 58.3 Å². The van der Waals surface area contributed by atoms with Gasteiger partial charge in [0.1, 0.15) is 0 Å². The van der Waals surface area contributed by atoms with Gasteiger partial charge in [-0.3, -0.25) is 9.59 Å². The first-order valence-corrected chi connectivity index (χ1v) is 9.22. The highest BCUT2D eigenvalue weighted by atomic mass is 16.5. The fourth-order valence-electron chi connectivity index (χ4n) is 3.39. The summed E-state index contributed by atoms with van der Waals surface area (Å²) in [5, 5.41) is 0. The summed E-state index contributed by atoms with van der Waals surface area (Å²) in [4.78, 5) is 28.3. The van der Waals surface area contributed by atoms with Crippen LogP contribution in [0.5, 0.6) is 0 Å². The van der Waals surface area contributed by atoms with E-state index in [9.17, 15) is 9.59 Å². The van der Waals surface area contributed by atoms with Crippen LogP contribution in [0.4, 0.5) is 0 Å². The number of morpholine rings is 1. The number of rotatable bonds is 7. The zero-order valence-electron chi connectivity index (χ0n) is 14.8. The number of ether oxygens (including phenoxy) is 1. The van der Waals surface area contributed by atoms with Gasteiger partial charge in [0.25, 0.3) is 0 Å². The van der Waals surface area contributed by atoms with Gasteiger partial charge in [0, 0.05) is 38.5 Å². The summed E-state index contributed by atoms with van der Waals surface area (Å²) in [5.41, 5.74) is 0. The SMILES string of the molecule is CC(CCC(=O)N1CCOCC1)CCC(C)C(=O)N1CCCC1. The molecule has 0 aromatic rings. The van der Waals surface area contributed by atoms with E-state index in [0.29, 0.717) is 31.5 Å². The van der Waals surface area contributed by atoms with Crippen LogP contribution in [0.15, 0.2) is 0 Å². The maximum Gasteiger partial charge on any atom is 0.225 e. The molecular formula is C18H32N2O3. The Kier molecular flexibility index (Phi) is 7.34. The van der Waals surface area contributed by atoms with Gasteiger partial charge in [0.2, 0.25) is 11.8 Å². The Morgan fingerprint density at radius 2 is 1.57 bits per heavy atom. The van der Waals surface area contributed by atoms with Crippen molar-refractivity contribution in [3.63, 3.8) is 0 Å². The van der Waals surface area contributed by atoms with Crippen LogP contribution in [0.2, 0.25) is 0 Å². The maximum atomic E-state index is 12.3. The Labute approximate surface area is 140 Å². The molecular weight excluding hydrogens is 292 g/mol. The van der Waals surface area contributed by atoms with Crippen LogP contribution in [-0.4, -0.2) is 61.0 Å². The predicted molar refractivity (Wildman–Crippen MR) is 90.0 cm³/mol. The van der Waals surface area contributed by atoms with Crippen molar-refractivity contribution in [2.24, 2.45) is 11.8 Å². The number of carbonyl (C=O) groups is 2. The van der Waals surface area contributed by atoms with Crippen molar-refractivity contribution in [3.8, 4) is 0 Å². The second-order valence-corrected chi connectivity index (χ2v) is 7.15. The lowest BCUT2D eigenvalue weighted by Gasteiger charge is -2.27. The molecule has 2 heterocycles. The van der Waals surface area contributed by atoms with E-state index in [1.165, 1.54) is 0 Å². The van der Waals surface area contributed by atoms with E-state index in [4.69, 9.17) is 4.74 Å². The Hall–Kier alpha value is -1.10. The van der Waals surface area contributed by atoms with E-state index in [-0.39, 0.29) is 11.8 Å². The molecule has 2 atom stereocenters. The highest BCUT2D eigenvalue weighted by Gasteiger charge is 2.23. The summed E-state index contributed by atoms with van der Waals surface area (Å²) < 4.78 is 5.28. The molecule has 0 spiro atoms. The van der Waals surface area contributed by atoms with Crippen molar-refractivity contribution >= 4 is 11.8 Å². The van der Waals surface area contributed by atoms with Crippen molar-refractivity contribution in [2.75, 3.05) is 39.4 Å². The van der Waals surface area contributed by atoms with Crippen LogP contribution < -0.4 is 0 Å². The summed E-state index contributed by atoms with van der Waals surface area (Å²) in [6, 6.07) is 0. The number of likely N-dealkylation sites (tertiary alicyclic amines) is 1. The zero-order chi connectivity index (χ0) is 16.7. The van der Waals surface area contributed by atoms with Gasteiger partial charge >= 0.3 is 0 Å². The smallest absolute Gasteiger partial charge is 0.225 e. The highest BCUT2D eigenvalue weighted by Crippen LogP contribution is 2.20. The minimum Gasteiger partial charge on any atom is -0.378 e. The number of carbonyl (C=O) groups excluding carboxylic acids is 2. The molecule has 0 N–H and O–H groups in total. The normalized spacial score (nSPS) is 21.3. The number of hydrogen-bond donors (Lipinski definition) is 0. The van der Waals surface area contributed by atoms with E-state index < -0.39 is 0 Å². The molecule has 5 heteroatoms. The lowest BCUT2D eigenvalue weighted by molar-refractivity contribution is -0.136. The third-order valence-corrected chi connectivity index (χ3v) is 5.15. The van der Waals surface area contributed by atoms with E-state index in [2.05, 4.69) is 6.92 Å². The minimum absolute atomic E-state index is 0.116. The maximum absolute atomic E-state index is 12.3. The summed E-state index contributed by atoms with van der Waals surface area (Å²) in [5.74, 6) is 1.18. The van der Waals surface area contributed by atoms with Crippen LogP contribution in [0.1, 0.15) is 52.4 Å². The van der Waals surface area contributed by atoms with Crippen LogP contribution in [-0.2, 0) is 14.3 Å². The second-order valence-electron chi connectivity index (χ2n) is 7.15. The molecule has 0 bridgehead atoms. The minimum atomic E-state index is 0.116. The van der Waals surface area contributed by atoms with Gasteiger partial charge < -0.3 is 14.5 Å².